The van der Waals surface area contributed by atoms with E-state index in [2.05, 4.69) is 16.0 Å². The third-order valence-electron chi connectivity index (χ3n) is 4.39. The summed E-state index contributed by atoms with van der Waals surface area (Å²) in [5.41, 5.74) is 2.97. The van der Waals surface area contributed by atoms with Crippen molar-refractivity contribution < 1.29 is 14.3 Å². The fraction of sp³-hybridized carbons (Fsp3) is 0.364. The quantitative estimate of drug-likeness (QED) is 0.734. The average Bonchev–Trinajstić information content (AvgIpc) is 3.16. The number of carbonyl (C=O) groups excluding carboxylic acids is 2. The van der Waals surface area contributed by atoms with Crippen molar-refractivity contribution in [1.82, 2.24) is 5.32 Å². The predicted octanol–water partition coefficient (Wildman–Crippen LogP) is 4.39. The van der Waals surface area contributed by atoms with Crippen LogP contribution in [0.3, 0.4) is 0 Å². The van der Waals surface area contributed by atoms with Gasteiger partial charge in [-0.1, -0.05) is 24.3 Å². The van der Waals surface area contributed by atoms with Gasteiger partial charge in [0.2, 0.25) is 5.91 Å². The standard InChI is InChI=1S/C22H27N3O3/c1-22(2,3)28-21(27)25-18-12-8-16(9-13-18)15-6-10-17(11-7-15)24-20(26)19-5-4-14-23-19/h6-13,19,23H,4-5,14H2,1-3H3,(H,24,26)(H,25,27)/t19-/m0/s1. The molecule has 0 radical (unpaired) electrons. The van der Waals surface area contributed by atoms with E-state index in [0.29, 0.717) is 5.69 Å². The molecule has 3 rings (SSSR count). The molecule has 0 bridgehead atoms. The molecule has 3 N–H and O–H groups in total. The maximum atomic E-state index is 12.2. The molecule has 148 valence electrons. The lowest BCUT2D eigenvalue weighted by atomic mass is 10.0. The summed E-state index contributed by atoms with van der Waals surface area (Å²) in [5.74, 6) is 0.0165. The highest BCUT2D eigenvalue weighted by molar-refractivity contribution is 5.95. The number of hydrogen-bond acceptors (Lipinski definition) is 4. The fourth-order valence-corrected chi connectivity index (χ4v) is 3.05. The van der Waals surface area contributed by atoms with Gasteiger partial charge in [-0.05, 0) is 75.5 Å². The van der Waals surface area contributed by atoms with Crippen molar-refractivity contribution in [3.8, 4) is 11.1 Å². The zero-order valence-electron chi connectivity index (χ0n) is 16.5. The maximum Gasteiger partial charge on any atom is 0.412 e. The minimum Gasteiger partial charge on any atom is -0.444 e. The molecule has 2 aromatic carbocycles. The first kappa shape index (κ1) is 19.9. The largest absolute Gasteiger partial charge is 0.444 e. The van der Waals surface area contributed by atoms with Crippen molar-refractivity contribution in [2.24, 2.45) is 0 Å². The second-order valence-electron chi connectivity index (χ2n) is 7.92. The molecule has 1 atom stereocenters. The van der Waals surface area contributed by atoms with Gasteiger partial charge >= 0.3 is 6.09 Å². The molecule has 0 saturated carbocycles. The van der Waals surface area contributed by atoms with E-state index in [4.69, 9.17) is 4.74 Å². The van der Waals surface area contributed by atoms with Gasteiger partial charge < -0.3 is 15.4 Å². The topological polar surface area (TPSA) is 79.5 Å². The van der Waals surface area contributed by atoms with E-state index in [0.717, 1.165) is 36.2 Å². The van der Waals surface area contributed by atoms with Gasteiger partial charge in [0.25, 0.3) is 0 Å². The van der Waals surface area contributed by atoms with Gasteiger partial charge in [0.05, 0.1) is 6.04 Å². The van der Waals surface area contributed by atoms with Crippen LogP contribution in [-0.2, 0) is 9.53 Å². The van der Waals surface area contributed by atoms with E-state index >= 15 is 0 Å². The van der Waals surface area contributed by atoms with Crippen molar-refractivity contribution in [1.29, 1.82) is 0 Å². The van der Waals surface area contributed by atoms with E-state index in [1.807, 2.05) is 69.3 Å². The molecule has 2 aromatic rings. The van der Waals surface area contributed by atoms with Gasteiger partial charge in [0, 0.05) is 11.4 Å². The summed E-state index contributed by atoms with van der Waals surface area (Å²) in [6.45, 7) is 6.37. The number of ether oxygens (including phenoxy) is 1. The second-order valence-corrected chi connectivity index (χ2v) is 7.92. The third kappa shape index (κ3) is 5.57. The van der Waals surface area contributed by atoms with E-state index in [9.17, 15) is 9.59 Å². The molecule has 0 spiro atoms. The Labute approximate surface area is 165 Å². The second kappa shape index (κ2) is 8.44. The van der Waals surface area contributed by atoms with E-state index in [1.165, 1.54) is 0 Å². The summed E-state index contributed by atoms with van der Waals surface area (Å²) in [7, 11) is 0. The first-order valence-electron chi connectivity index (χ1n) is 9.55. The van der Waals surface area contributed by atoms with Crippen molar-refractivity contribution in [2.45, 2.75) is 45.3 Å². The van der Waals surface area contributed by atoms with Crippen LogP contribution < -0.4 is 16.0 Å². The van der Waals surface area contributed by atoms with Crippen molar-refractivity contribution in [3.63, 3.8) is 0 Å². The highest BCUT2D eigenvalue weighted by Gasteiger charge is 2.21. The molecule has 0 aliphatic carbocycles. The highest BCUT2D eigenvalue weighted by Crippen LogP contribution is 2.24. The van der Waals surface area contributed by atoms with Gasteiger partial charge in [0.15, 0.2) is 0 Å². The summed E-state index contributed by atoms with van der Waals surface area (Å²) < 4.78 is 5.25. The fourth-order valence-electron chi connectivity index (χ4n) is 3.05. The van der Waals surface area contributed by atoms with Gasteiger partial charge in [0.1, 0.15) is 5.60 Å². The molecule has 6 nitrogen and oxygen atoms in total. The van der Waals surface area contributed by atoms with Crippen LogP contribution in [-0.4, -0.2) is 30.2 Å². The monoisotopic (exact) mass is 381 g/mol. The summed E-state index contributed by atoms with van der Waals surface area (Å²) in [6, 6.07) is 15.2. The molecular formula is C22H27N3O3. The first-order valence-corrected chi connectivity index (χ1v) is 9.55. The Morgan fingerprint density at radius 2 is 1.46 bits per heavy atom. The molecule has 6 heteroatoms. The van der Waals surface area contributed by atoms with Gasteiger partial charge in [-0.2, -0.15) is 0 Å². The lowest BCUT2D eigenvalue weighted by Crippen LogP contribution is -2.35. The summed E-state index contributed by atoms with van der Waals surface area (Å²) in [5, 5.41) is 8.86. The molecule has 1 heterocycles. The Kier molecular flexibility index (Phi) is 5.99. The smallest absolute Gasteiger partial charge is 0.412 e. The lowest BCUT2D eigenvalue weighted by Gasteiger charge is -2.19. The van der Waals surface area contributed by atoms with Crippen LogP contribution in [0.25, 0.3) is 11.1 Å². The van der Waals surface area contributed by atoms with Crippen molar-refractivity contribution in [2.75, 3.05) is 17.2 Å². The molecule has 2 amide bonds. The van der Waals surface area contributed by atoms with Crippen LogP contribution in [0.5, 0.6) is 0 Å². The molecule has 1 saturated heterocycles. The van der Waals surface area contributed by atoms with Crippen molar-refractivity contribution in [3.05, 3.63) is 48.5 Å². The van der Waals surface area contributed by atoms with Crippen LogP contribution in [0.15, 0.2) is 48.5 Å². The molecule has 0 aromatic heterocycles. The Morgan fingerprint density at radius 3 is 1.93 bits per heavy atom. The molecule has 1 aliphatic rings. The van der Waals surface area contributed by atoms with E-state index in [1.54, 1.807) is 0 Å². The molecule has 1 fully saturated rings. The number of anilines is 2. The van der Waals surface area contributed by atoms with Gasteiger partial charge in [-0.25, -0.2) is 4.79 Å². The predicted molar refractivity (Wildman–Crippen MR) is 111 cm³/mol. The Hall–Kier alpha value is -2.86. The van der Waals surface area contributed by atoms with Crippen LogP contribution >= 0.6 is 0 Å². The number of rotatable bonds is 4. The maximum absolute atomic E-state index is 12.2. The first-order chi connectivity index (χ1) is 13.3. The van der Waals surface area contributed by atoms with Crippen LogP contribution in [0, 0.1) is 0 Å². The van der Waals surface area contributed by atoms with E-state index in [-0.39, 0.29) is 11.9 Å². The zero-order chi connectivity index (χ0) is 20.1. The Balaban J connectivity index is 1.59. The minimum atomic E-state index is -0.533. The van der Waals surface area contributed by atoms with E-state index < -0.39 is 11.7 Å². The third-order valence-corrected chi connectivity index (χ3v) is 4.39. The molecule has 28 heavy (non-hydrogen) atoms. The SMILES string of the molecule is CC(C)(C)OC(=O)Nc1ccc(-c2ccc(NC(=O)[C@@H]3CCCN3)cc2)cc1. The number of carbonyl (C=O) groups is 2. The van der Waals surface area contributed by atoms with Gasteiger partial charge in [-0.15, -0.1) is 0 Å². The molecule has 1 aliphatic heterocycles. The van der Waals surface area contributed by atoms with Crippen LogP contribution in [0.4, 0.5) is 16.2 Å². The summed E-state index contributed by atoms with van der Waals surface area (Å²) >= 11 is 0. The van der Waals surface area contributed by atoms with Crippen LogP contribution in [0.2, 0.25) is 0 Å². The summed E-state index contributed by atoms with van der Waals surface area (Å²) in [4.78, 5) is 24.0. The zero-order valence-corrected chi connectivity index (χ0v) is 16.5. The average molecular weight is 381 g/mol. The minimum absolute atomic E-state index is 0.0165. The molecule has 0 unspecified atom stereocenters. The normalized spacial score (nSPS) is 16.5. The Morgan fingerprint density at radius 1 is 0.929 bits per heavy atom. The van der Waals surface area contributed by atoms with Gasteiger partial charge in [-0.3, -0.25) is 10.1 Å². The van der Waals surface area contributed by atoms with Crippen molar-refractivity contribution >= 4 is 23.4 Å². The highest BCUT2D eigenvalue weighted by atomic mass is 16.6. The Bertz CT molecular complexity index is 818. The van der Waals surface area contributed by atoms with Crippen LogP contribution in [0.1, 0.15) is 33.6 Å². The number of hydrogen-bond donors (Lipinski definition) is 3. The number of nitrogens with one attached hydrogen (secondary N) is 3. The number of benzene rings is 2. The summed E-state index contributed by atoms with van der Waals surface area (Å²) in [6.07, 6.45) is 1.45. The number of amides is 2. The molecular weight excluding hydrogens is 354 g/mol. The lowest BCUT2D eigenvalue weighted by molar-refractivity contribution is -0.117.